The van der Waals surface area contributed by atoms with Crippen molar-refractivity contribution in [3.05, 3.63) is 0 Å². The first-order valence-corrected chi connectivity index (χ1v) is 7.37. The minimum absolute atomic E-state index is 0.846. The number of hydrogen-bond donors (Lipinski definition) is 0. The third kappa shape index (κ3) is 5.89. The Bertz CT molecular complexity index is 133. The second-order valence-corrected chi connectivity index (χ2v) is 4.46. The van der Waals surface area contributed by atoms with Gasteiger partial charge >= 0.3 is 0 Å². The Kier molecular flexibility index (Phi) is 13.1. The summed E-state index contributed by atoms with van der Waals surface area (Å²) < 4.78 is 0. The van der Waals surface area contributed by atoms with E-state index in [0.717, 1.165) is 17.9 Å². The monoisotopic (exact) mass is 229 g/mol. The van der Waals surface area contributed by atoms with Crippen molar-refractivity contribution in [2.75, 3.05) is 13.6 Å². The first kappa shape index (κ1) is 18.3. The third-order valence-corrected chi connectivity index (χ3v) is 3.59. The third-order valence-electron chi connectivity index (χ3n) is 3.59. The normalized spacial score (nSPS) is 29.6. The number of hydrogen-bond acceptors (Lipinski definition) is 1. The first-order valence-electron chi connectivity index (χ1n) is 7.37. The summed E-state index contributed by atoms with van der Waals surface area (Å²) in [6.45, 7) is 16.4. The molecule has 1 rings (SSSR count). The molecule has 0 radical (unpaired) electrons. The maximum atomic E-state index is 2.55. The van der Waals surface area contributed by atoms with E-state index in [1.54, 1.807) is 0 Å². The summed E-state index contributed by atoms with van der Waals surface area (Å²) >= 11 is 0. The van der Waals surface area contributed by atoms with E-state index in [4.69, 9.17) is 0 Å². The topological polar surface area (TPSA) is 3.24 Å². The highest BCUT2D eigenvalue weighted by atomic mass is 15.1. The van der Waals surface area contributed by atoms with Gasteiger partial charge in [-0.2, -0.15) is 0 Å². The van der Waals surface area contributed by atoms with Crippen LogP contribution >= 0.6 is 0 Å². The highest BCUT2D eigenvalue weighted by molar-refractivity contribution is 4.83. The second-order valence-electron chi connectivity index (χ2n) is 4.46. The van der Waals surface area contributed by atoms with Crippen LogP contribution in [-0.2, 0) is 0 Å². The van der Waals surface area contributed by atoms with E-state index in [0.29, 0.717) is 0 Å². The standard InChI is InChI=1S/C11H23N.2C2H6/c1-5-6-11-10(3)9(2)7-8-12(11)4;2*1-2/h9-11H,5-8H2,1-4H3;2*1-2H3. The van der Waals surface area contributed by atoms with Gasteiger partial charge in [-0.05, 0) is 38.3 Å². The number of rotatable bonds is 2. The van der Waals surface area contributed by atoms with E-state index in [1.165, 1.54) is 25.8 Å². The van der Waals surface area contributed by atoms with Gasteiger partial charge in [0.25, 0.3) is 0 Å². The van der Waals surface area contributed by atoms with E-state index in [2.05, 4.69) is 32.7 Å². The minimum Gasteiger partial charge on any atom is -0.303 e. The average molecular weight is 229 g/mol. The van der Waals surface area contributed by atoms with Crippen molar-refractivity contribution in [3.63, 3.8) is 0 Å². The van der Waals surface area contributed by atoms with Crippen molar-refractivity contribution in [2.24, 2.45) is 11.8 Å². The van der Waals surface area contributed by atoms with Crippen molar-refractivity contribution in [1.82, 2.24) is 4.90 Å². The van der Waals surface area contributed by atoms with Gasteiger partial charge in [-0.15, -0.1) is 0 Å². The second kappa shape index (κ2) is 11.4. The maximum absolute atomic E-state index is 2.55. The van der Waals surface area contributed by atoms with Gasteiger partial charge in [-0.1, -0.05) is 54.9 Å². The van der Waals surface area contributed by atoms with Crippen LogP contribution in [0.2, 0.25) is 0 Å². The fourth-order valence-corrected chi connectivity index (χ4v) is 2.40. The summed E-state index contributed by atoms with van der Waals surface area (Å²) in [5, 5.41) is 0. The molecule has 1 heteroatoms. The molecule has 1 fully saturated rings. The van der Waals surface area contributed by atoms with Crippen molar-refractivity contribution in [1.29, 1.82) is 0 Å². The molecule has 0 amide bonds. The highest BCUT2D eigenvalue weighted by Gasteiger charge is 2.29. The Morgan fingerprint density at radius 2 is 1.56 bits per heavy atom. The molecule has 100 valence electrons. The molecule has 0 aliphatic carbocycles. The summed E-state index contributed by atoms with van der Waals surface area (Å²) in [5.41, 5.74) is 0. The van der Waals surface area contributed by atoms with Gasteiger partial charge < -0.3 is 4.90 Å². The SMILES string of the molecule is CC.CC.CCCC1C(C)C(C)CCN1C. The van der Waals surface area contributed by atoms with Crippen LogP contribution in [0.5, 0.6) is 0 Å². The Labute approximate surface area is 105 Å². The van der Waals surface area contributed by atoms with Crippen LogP contribution in [0.25, 0.3) is 0 Å². The van der Waals surface area contributed by atoms with Crippen LogP contribution in [-0.4, -0.2) is 24.5 Å². The van der Waals surface area contributed by atoms with Gasteiger partial charge in [-0.25, -0.2) is 0 Å². The van der Waals surface area contributed by atoms with Gasteiger partial charge in [0.1, 0.15) is 0 Å². The van der Waals surface area contributed by atoms with Crippen molar-refractivity contribution < 1.29 is 0 Å². The largest absolute Gasteiger partial charge is 0.303 e. The molecule has 0 saturated carbocycles. The lowest BCUT2D eigenvalue weighted by Gasteiger charge is -2.41. The lowest BCUT2D eigenvalue weighted by molar-refractivity contribution is 0.0808. The Morgan fingerprint density at radius 3 is 2.00 bits per heavy atom. The fraction of sp³-hybridized carbons (Fsp3) is 1.00. The molecule has 1 aliphatic heterocycles. The summed E-state index contributed by atoms with van der Waals surface area (Å²) in [6.07, 6.45) is 4.09. The predicted octanol–water partition coefficient (Wildman–Crippen LogP) is 4.82. The maximum Gasteiger partial charge on any atom is 0.0120 e. The van der Waals surface area contributed by atoms with Crippen LogP contribution in [0.1, 0.15) is 67.7 Å². The molecule has 1 aliphatic rings. The summed E-state index contributed by atoms with van der Waals surface area (Å²) in [5.74, 6) is 1.82. The molecule has 0 aromatic heterocycles. The van der Waals surface area contributed by atoms with Crippen LogP contribution < -0.4 is 0 Å². The average Bonchev–Trinajstić information content (AvgIpc) is 2.35. The van der Waals surface area contributed by atoms with E-state index in [1.807, 2.05) is 27.7 Å². The molecule has 0 aromatic carbocycles. The molecule has 3 atom stereocenters. The molecule has 1 heterocycles. The molecule has 3 unspecified atom stereocenters. The van der Waals surface area contributed by atoms with Crippen molar-refractivity contribution in [2.45, 2.75) is 73.8 Å². The Balaban J connectivity index is 0. The zero-order valence-corrected chi connectivity index (χ0v) is 13.0. The Morgan fingerprint density at radius 1 is 1.06 bits per heavy atom. The van der Waals surface area contributed by atoms with Gasteiger partial charge in [0, 0.05) is 6.04 Å². The van der Waals surface area contributed by atoms with Crippen molar-refractivity contribution >= 4 is 0 Å². The molecule has 0 spiro atoms. The fourth-order valence-electron chi connectivity index (χ4n) is 2.40. The molecule has 0 aromatic rings. The number of piperidine rings is 1. The van der Waals surface area contributed by atoms with Gasteiger partial charge in [0.2, 0.25) is 0 Å². The molecule has 1 saturated heterocycles. The van der Waals surface area contributed by atoms with Crippen LogP contribution in [0.4, 0.5) is 0 Å². The lowest BCUT2D eigenvalue weighted by Crippen LogP contribution is -2.45. The van der Waals surface area contributed by atoms with Gasteiger partial charge in [0.15, 0.2) is 0 Å². The van der Waals surface area contributed by atoms with Crippen LogP contribution in [0, 0.1) is 11.8 Å². The number of likely N-dealkylation sites (tertiary alicyclic amines) is 1. The van der Waals surface area contributed by atoms with E-state index < -0.39 is 0 Å². The molecule has 16 heavy (non-hydrogen) atoms. The van der Waals surface area contributed by atoms with E-state index in [-0.39, 0.29) is 0 Å². The van der Waals surface area contributed by atoms with Crippen LogP contribution in [0.15, 0.2) is 0 Å². The molecule has 0 bridgehead atoms. The zero-order chi connectivity index (χ0) is 13.1. The summed E-state index contributed by atoms with van der Waals surface area (Å²) in [4.78, 5) is 2.55. The lowest BCUT2D eigenvalue weighted by atomic mass is 9.80. The van der Waals surface area contributed by atoms with Crippen LogP contribution in [0.3, 0.4) is 0 Å². The smallest absolute Gasteiger partial charge is 0.0120 e. The quantitative estimate of drug-likeness (QED) is 0.656. The Hall–Kier alpha value is -0.0400. The van der Waals surface area contributed by atoms with Gasteiger partial charge in [0.05, 0.1) is 0 Å². The molecule has 1 nitrogen and oxygen atoms in total. The molecular formula is C15H35N. The first-order chi connectivity index (χ1) is 7.66. The molecule has 0 N–H and O–H groups in total. The predicted molar refractivity (Wildman–Crippen MR) is 77.0 cm³/mol. The van der Waals surface area contributed by atoms with Crippen molar-refractivity contribution in [3.8, 4) is 0 Å². The minimum atomic E-state index is 0.846. The van der Waals surface area contributed by atoms with E-state index in [9.17, 15) is 0 Å². The summed E-state index contributed by atoms with van der Waals surface area (Å²) in [6, 6.07) is 0.846. The summed E-state index contributed by atoms with van der Waals surface area (Å²) in [7, 11) is 2.28. The molecular weight excluding hydrogens is 194 g/mol. The zero-order valence-electron chi connectivity index (χ0n) is 13.0. The highest BCUT2D eigenvalue weighted by Crippen LogP contribution is 2.29. The number of nitrogens with zero attached hydrogens (tertiary/aromatic N) is 1. The van der Waals surface area contributed by atoms with Gasteiger partial charge in [-0.3, -0.25) is 0 Å². The van der Waals surface area contributed by atoms with E-state index >= 15 is 0 Å².